The highest BCUT2D eigenvalue weighted by molar-refractivity contribution is 5.98. The molecule has 0 saturated carbocycles. The van der Waals surface area contributed by atoms with Crippen molar-refractivity contribution >= 4 is 11.7 Å². The van der Waals surface area contributed by atoms with Crippen LogP contribution < -0.4 is 0 Å². The van der Waals surface area contributed by atoms with E-state index >= 15 is 0 Å². The molecule has 4 nitrogen and oxygen atoms in total. The Hall–Kier alpha value is -2.46. The maximum atomic E-state index is 12.7. The molecular formula is C22H26N2O2. The Bertz CT molecular complexity index is 821. The summed E-state index contributed by atoms with van der Waals surface area (Å²) in [6, 6.07) is 13.6. The van der Waals surface area contributed by atoms with Crippen molar-refractivity contribution in [1.29, 1.82) is 0 Å². The first-order chi connectivity index (χ1) is 12.5. The van der Waals surface area contributed by atoms with Gasteiger partial charge in [0.05, 0.1) is 6.54 Å². The van der Waals surface area contributed by atoms with Gasteiger partial charge < -0.3 is 4.90 Å². The van der Waals surface area contributed by atoms with Crippen molar-refractivity contribution in [3.05, 3.63) is 70.3 Å². The molecular weight excluding hydrogens is 324 g/mol. The summed E-state index contributed by atoms with van der Waals surface area (Å²) in [6.07, 6.45) is 0. The Morgan fingerprint density at radius 2 is 1.54 bits per heavy atom. The quantitative estimate of drug-likeness (QED) is 0.795. The standard InChI is InChI=1S/C22H26N2O2/c1-16-8-9-19(14-18(16)3)21(25)15-23-10-12-24(13-11-23)22(26)20-7-5-4-6-17(20)2/h4-9,14H,10-13,15H2,1-3H3. The Morgan fingerprint density at radius 1 is 0.846 bits per heavy atom. The lowest BCUT2D eigenvalue weighted by molar-refractivity contribution is 0.0624. The zero-order valence-corrected chi connectivity index (χ0v) is 15.8. The third-order valence-electron chi connectivity index (χ3n) is 5.23. The number of hydrogen-bond acceptors (Lipinski definition) is 3. The van der Waals surface area contributed by atoms with E-state index in [1.165, 1.54) is 5.56 Å². The van der Waals surface area contributed by atoms with Crippen molar-refractivity contribution in [3.63, 3.8) is 0 Å². The van der Waals surface area contributed by atoms with Gasteiger partial charge in [0.2, 0.25) is 0 Å². The van der Waals surface area contributed by atoms with Crippen LogP contribution in [0.1, 0.15) is 37.4 Å². The lowest BCUT2D eigenvalue weighted by Crippen LogP contribution is -2.50. The molecule has 0 aliphatic carbocycles. The van der Waals surface area contributed by atoms with Gasteiger partial charge in [0, 0.05) is 37.3 Å². The van der Waals surface area contributed by atoms with Gasteiger partial charge in [0.25, 0.3) is 5.91 Å². The maximum Gasteiger partial charge on any atom is 0.254 e. The number of Topliss-reactive ketones (excluding diaryl/α,β-unsaturated/α-hetero) is 1. The zero-order valence-electron chi connectivity index (χ0n) is 15.8. The second-order valence-electron chi connectivity index (χ2n) is 7.11. The van der Waals surface area contributed by atoms with E-state index in [1.54, 1.807) is 0 Å². The molecule has 0 bridgehead atoms. The summed E-state index contributed by atoms with van der Waals surface area (Å²) in [4.78, 5) is 29.2. The molecule has 0 N–H and O–H groups in total. The number of hydrogen-bond donors (Lipinski definition) is 0. The van der Waals surface area contributed by atoms with E-state index < -0.39 is 0 Å². The summed E-state index contributed by atoms with van der Waals surface area (Å²) in [5, 5.41) is 0. The van der Waals surface area contributed by atoms with Gasteiger partial charge in [-0.1, -0.05) is 30.3 Å². The molecule has 1 aliphatic heterocycles. The molecule has 1 amide bonds. The third kappa shape index (κ3) is 4.02. The minimum absolute atomic E-state index is 0.0863. The van der Waals surface area contributed by atoms with Crippen molar-refractivity contribution in [1.82, 2.24) is 9.80 Å². The molecule has 4 heteroatoms. The minimum atomic E-state index is 0.0863. The first-order valence-corrected chi connectivity index (χ1v) is 9.13. The van der Waals surface area contributed by atoms with Gasteiger partial charge in [0.15, 0.2) is 5.78 Å². The van der Waals surface area contributed by atoms with Gasteiger partial charge in [-0.25, -0.2) is 0 Å². The van der Waals surface area contributed by atoms with Crippen LogP contribution >= 0.6 is 0 Å². The van der Waals surface area contributed by atoms with Gasteiger partial charge in [-0.05, 0) is 49.6 Å². The third-order valence-corrected chi connectivity index (χ3v) is 5.23. The fourth-order valence-electron chi connectivity index (χ4n) is 3.30. The van der Waals surface area contributed by atoms with E-state index in [0.717, 1.165) is 35.3 Å². The average molecular weight is 350 g/mol. The van der Waals surface area contributed by atoms with Crippen molar-refractivity contribution in [3.8, 4) is 0 Å². The molecule has 1 fully saturated rings. The molecule has 1 aliphatic rings. The molecule has 0 spiro atoms. The van der Waals surface area contributed by atoms with Crippen molar-refractivity contribution in [2.75, 3.05) is 32.7 Å². The molecule has 0 atom stereocenters. The molecule has 0 radical (unpaired) electrons. The van der Waals surface area contributed by atoms with Crippen molar-refractivity contribution in [2.45, 2.75) is 20.8 Å². The second-order valence-corrected chi connectivity index (χ2v) is 7.11. The Kier molecular flexibility index (Phi) is 5.52. The molecule has 1 heterocycles. The van der Waals surface area contributed by atoms with Crippen LogP contribution in [-0.2, 0) is 0 Å². The number of piperazine rings is 1. The Balaban J connectivity index is 1.57. The van der Waals surface area contributed by atoms with E-state index in [9.17, 15) is 9.59 Å². The highest BCUT2D eigenvalue weighted by atomic mass is 16.2. The SMILES string of the molecule is Cc1ccc(C(=O)CN2CCN(C(=O)c3ccccc3C)CC2)cc1C. The van der Waals surface area contributed by atoms with Crippen molar-refractivity contribution < 1.29 is 9.59 Å². The lowest BCUT2D eigenvalue weighted by atomic mass is 10.0. The summed E-state index contributed by atoms with van der Waals surface area (Å²) in [5.74, 6) is 0.231. The number of carbonyl (C=O) groups excluding carboxylic acids is 2. The van der Waals surface area contributed by atoms with Crippen LogP contribution in [0.15, 0.2) is 42.5 Å². The van der Waals surface area contributed by atoms with Gasteiger partial charge >= 0.3 is 0 Å². The zero-order chi connectivity index (χ0) is 18.7. The molecule has 136 valence electrons. The molecule has 3 rings (SSSR count). The smallest absolute Gasteiger partial charge is 0.254 e. The fraction of sp³-hybridized carbons (Fsp3) is 0.364. The van der Waals surface area contributed by atoms with Crippen LogP contribution in [0.25, 0.3) is 0 Å². The van der Waals surface area contributed by atoms with E-state index in [4.69, 9.17) is 0 Å². The van der Waals surface area contributed by atoms with Crippen molar-refractivity contribution in [2.24, 2.45) is 0 Å². The monoisotopic (exact) mass is 350 g/mol. The number of ketones is 1. The number of aryl methyl sites for hydroxylation is 3. The average Bonchev–Trinajstić information content (AvgIpc) is 2.64. The van der Waals surface area contributed by atoms with Gasteiger partial charge in [-0.15, -0.1) is 0 Å². The molecule has 2 aromatic carbocycles. The number of carbonyl (C=O) groups is 2. The predicted molar refractivity (Wildman–Crippen MR) is 104 cm³/mol. The van der Waals surface area contributed by atoms with Crippen LogP contribution in [0.2, 0.25) is 0 Å². The number of rotatable bonds is 4. The highest BCUT2D eigenvalue weighted by Gasteiger charge is 2.24. The lowest BCUT2D eigenvalue weighted by Gasteiger charge is -2.34. The Labute approximate surface area is 155 Å². The molecule has 0 aromatic heterocycles. The molecule has 0 unspecified atom stereocenters. The predicted octanol–water partition coefficient (Wildman–Crippen LogP) is 3.25. The van der Waals surface area contributed by atoms with E-state index in [2.05, 4.69) is 4.90 Å². The maximum absolute atomic E-state index is 12.7. The molecule has 1 saturated heterocycles. The topological polar surface area (TPSA) is 40.6 Å². The normalized spacial score (nSPS) is 15.1. The van der Waals surface area contributed by atoms with E-state index in [-0.39, 0.29) is 11.7 Å². The minimum Gasteiger partial charge on any atom is -0.336 e. The molecule has 2 aromatic rings. The van der Waals surface area contributed by atoms with Crippen LogP contribution in [-0.4, -0.2) is 54.2 Å². The number of amides is 1. The molecule has 26 heavy (non-hydrogen) atoms. The summed E-state index contributed by atoms with van der Waals surface area (Å²) in [6.45, 7) is 9.24. The largest absolute Gasteiger partial charge is 0.336 e. The van der Waals surface area contributed by atoms with Gasteiger partial charge in [0.1, 0.15) is 0 Å². The highest BCUT2D eigenvalue weighted by Crippen LogP contribution is 2.14. The van der Waals surface area contributed by atoms with Crippen LogP contribution in [0.3, 0.4) is 0 Å². The van der Waals surface area contributed by atoms with Crippen LogP contribution in [0.5, 0.6) is 0 Å². The number of nitrogens with zero attached hydrogens (tertiary/aromatic N) is 2. The fourth-order valence-corrected chi connectivity index (χ4v) is 3.30. The number of benzene rings is 2. The van der Waals surface area contributed by atoms with E-state index in [0.29, 0.717) is 19.6 Å². The Morgan fingerprint density at radius 3 is 2.19 bits per heavy atom. The summed E-state index contributed by atoms with van der Waals surface area (Å²) >= 11 is 0. The second kappa shape index (κ2) is 7.83. The first kappa shape index (κ1) is 18.3. The summed E-state index contributed by atoms with van der Waals surface area (Å²) < 4.78 is 0. The summed E-state index contributed by atoms with van der Waals surface area (Å²) in [5.41, 5.74) is 4.89. The van der Waals surface area contributed by atoms with Gasteiger partial charge in [-0.2, -0.15) is 0 Å². The first-order valence-electron chi connectivity index (χ1n) is 9.13. The van der Waals surface area contributed by atoms with E-state index in [1.807, 2.05) is 68.1 Å². The summed E-state index contributed by atoms with van der Waals surface area (Å²) in [7, 11) is 0. The van der Waals surface area contributed by atoms with Gasteiger partial charge in [-0.3, -0.25) is 14.5 Å². The van der Waals surface area contributed by atoms with Crippen LogP contribution in [0, 0.1) is 20.8 Å². The van der Waals surface area contributed by atoms with Crippen LogP contribution in [0.4, 0.5) is 0 Å².